The average Bonchev–Trinajstić information content (AvgIpc) is 2.79. The maximum absolute atomic E-state index is 12.7. The molecule has 1 amide bonds. The van der Waals surface area contributed by atoms with Crippen molar-refractivity contribution >= 4 is 34.0 Å². The smallest absolute Gasteiger partial charge is 0.260 e. The Labute approximate surface area is 175 Å². The van der Waals surface area contributed by atoms with E-state index < -0.39 is 0 Å². The number of amides is 1. The number of benzene rings is 3. The van der Waals surface area contributed by atoms with Crippen LogP contribution < -0.4 is 14.4 Å². The standard InChI is InChI=1S/C23H23ClN2O3/c1-28-22-9-5-4-8-20(22)25-12-14-26(15-13-25)23(27)16-29-21-11-10-19(24)17-6-2-3-7-18(17)21/h2-11H,12-16H2,1H3. The minimum Gasteiger partial charge on any atom is -0.495 e. The number of anilines is 1. The number of ether oxygens (including phenoxy) is 2. The molecule has 0 spiro atoms. The zero-order chi connectivity index (χ0) is 20.2. The Morgan fingerprint density at radius 2 is 1.59 bits per heavy atom. The Balaban J connectivity index is 1.37. The molecule has 5 nitrogen and oxygen atoms in total. The summed E-state index contributed by atoms with van der Waals surface area (Å²) in [5.41, 5.74) is 1.06. The highest BCUT2D eigenvalue weighted by Gasteiger charge is 2.23. The largest absolute Gasteiger partial charge is 0.495 e. The van der Waals surface area contributed by atoms with Crippen LogP contribution in [0.15, 0.2) is 60.7 Å². The van der Waals surface area contributed by atoms with Crippen molar-refractivity contribution in [2.45, 2.75) is 0 Å². The highest BCUT2D eigenvalue weighted by atomic mass is 35.5. The summed E-state index contributed by atoms with van der Waals surface area (Å²) in [6.07, 6.45) is 0. The Morgan fingerprint density at radius 3 is 2.34 bits per heavy atom. The zero-order valence-electron chi connectivity index (χ0n) is 16.3. The quantitative estimate of drug-likeness (QED) is 0.631. The monoisotopic (exact) mass is 410 g/mol. The van der Waals surface area contributed by atoms with Crippen LogP contribution in [0.2, 0.25) is 5.02 Å². The van der Waals surface area contributed by atoms with E-state index in [1.165, 1.54) is 0 Å². The predicted molar refractivity (Wildman–Crippen MR) is 116 cm³/mol. The van der Waals surface area contributed by atoms with E-state index in [4.69, 9.17) is 21.1 Å². The van der Waals surface area contributed by atoms with Crippen molar-refractivity contribution < 1.29 is 14.3 Å². The van der Waals surface area contributed by atoms with E-state index in [2.05, 4.69) is 4.90 Å². The van der Waals surface area contributed by atoms with Gasteiger partial charge in [0.25, 0.3) is 5.91 Å². The highest BCUT2D eigenvalue weighted by molar-refractivity contribution is 6.35. The molecule has 4 rings (SSSR count). The van der Waals surface area contributed by atoms with E-state index in [1.54, 1.807) is 13.2 Å². The van der Waals surface area contributed by atoms with Gasteiger partial charge in [-0.2, -0.15) is 0 Å². The van der Waals surface area contributed by atoms with Gasteiger partial charge in [-0.3, -0.25) is 4.79 Å². The van der Waals surface area contributed by atoms with E-state index in [1.807, 2.05) is 59.5 Å². The van der Waals surface area contributed by atoms with Gasteiger partial charge in [0, 0.05) is 42.0 Å². The molecule has 3 aromatic carbocycles. The fraction of sp³-hybridized carbons (Fsp3) is 0.261. The Bertz CT molecular complexity index is 1020. The Kier molecular flexibility index (Phi) is 5.76. The first kappa shape index (κ1) is 19.4. The maximum atomic E-state index is 12.7. The molecule has 0 aliphatic carbocycles. The van der Waals surface area contributed by atoms with E-state index in [-0.39, 0.29) is 12.5 Å². The first-order chi connectivity index (χ1) is 14.2. The van der Waals surface area contributed by atoms with E-state index >= 15 is 0 Å². The molecule has 0 atom stereocenters. The topological polar surface area (TPSA) is 42.0 Å². The van der Waals surface area contributed by atoms with Crippen LogP contribution in [-0.2, 0) is 4.79 Å². The molecular weight excluding hydrogens is 388 g/mol. The van der Waals surface area contributed by atoms with Crippen LogP contribution in [0, 0.1) is 0 Å². The summed E-state index contributed by atoms with van der Waals surface area (Å²) in [6, 6.07) is 19.3. The van der Waals surface area contributed by atoms with Gasteiger partial charge >= 0.3 is 0 Å². The first-order valence-electron chi connectivity index (χ1n) is 9.63. The number of para-hydroxylation sites is 2. The van der Waals surface area contributed by atoms with Crippen LogP contribution in [0.5, 0.6) is 11.5 Å². The number of carbonyl (C=O) groups is 1. The van der Waals surface area contributed by atoms with Crippen LogP contribution in [0.25, 0.3) is 10.8 Å². The highest BCUT2D eigenvalue weighted by Crippen LogP contribution is 2.31. The summed E-state index contributed by atoms with van der Waals surface area (Å²) >= 11 is 6.25. The number of carbonyl (C=O) groups excluding carboxylic acids is 1. The molecule has 1 aliphatic heterocycles. The molecule has 0 saturated carbocycles. The average molecular weight is 411 g/mol. The molecule has 1 aliphatic rings. The van der Waals surface area contributed by atoms with Gasteiger partial charge in [0.1, 0.15) is 11.5 Å². The van der Waals surface area contributed by atoms with Crippen molar-refractivity contribution in [3.8, 4) is 11.5 Å². The van der Waals surface area contributed by atoms with Crippen LogP contribution in [0.1, 0.15) is 0 Å². The molecule has 0 aromatic heterocycles. The molecule has 3 aromatic rings. The lowest BCUT2D eigenvalue weighted by atomic mass is 10.1. The normalized spacial score (nSPS) is 14.1. The van der Waals surface area contributed by atoms with Gasteiger partial charge in [0.2, 0.25) is 0 Å². The SMILES string of the molecule is COc1ccccc1N1CCN(C(=O)COc2ccc(Cl)c3ccccc23)CC1. The molecule has 150 valence electrons. The van der Waals surface area contributed by atoms with Crippen LogP contribution >= 0.6 is 11.6 Å². The summed E-state index contributed by atoms with van der Waals surface area (Å²) in [5.74, 6) is 1.51. The van der Waals surface area contributed by atoms with Crippen molar-refractivity contribution in [2.75, 3.05) is 44.8 Å². The third-order valence-corrected chi connectivity index (χ3v) is 5.57. The molecule has 29 heavy (non-hydrogen) atoms. The van der Waals surface area contributed by atoms with Gasteiger partial charge in [-0.15, -0.1) is 0 Å². The molecular formula is C23H23ClN2O3. The van der Waals surface area contributed by atoms with Crippen LogP contribution in [0.3, 0.4) is 0 Å². The molecule has 0 N–H and O–H groups in total. The van der Waals surface area contributed by atoms with E-state index in [0.717, 1.165) is 35.3 Å². The Morgan fingerprint density at radius 1 is 0.897 bits per heavy atom. The van der Waals surface area contributed by atoms with Gasteiger partial charge in [0.05, 0.1) is 12.8 Å². The van der Waals surface area contributed by atoms with Gasteiger partial charge in [-0.1, -0.05) is 48.0 Å². The van der Waals surface area contributed by atoms with E-state index in [9.17, 15) is 4.79 Å². The lowest BCUT2D eigenvalue weighted by Crippen LogP contribution is -2.50. The molecule has 6 heteroatoms. The van der Waals surface area contributed by atoms with Crippen molar-refractivity contribution in [1.82, 2.24) is 4.90 Å². The number of rotatable bonds is 5. The molecule has 1 saturated heterocycles. The Hall–Kier alpha value is -2.92. The minimum atomic E-state index is -0.0105. The maximum Gasteiger partial charge on any atom is 0.260 e. The lowest BCUT2D eigenvalue weighted by Gasteiger charge is -2.36. The summed E-state index contributed by atoms with van der Waals surface area (Å²) in [5, 5.41) is 2.50. The predicted octanol–water partition coefficient (Wildman–Crippen LogP) is 4.23. The number of halogens is 1. The summed E-state index contributed by atoms with van der Waals surface area (Å²) in [6.45, 7) is 2.84. The molecule has 0 unspecified atom stereocenters. The second-order valence-corrected chi connectivity index (χ2v) is 7.33. The first-order valence-corrected chi connectivity index (χ1v) is 10.0. The van der Waals surface area contributed by atoms with Crippen LogP contribution in [0.4, 0.5) is 5.69 Å². The molecule has 1 fully saturated rings. The van der Waals surface area contributed by atoms with Gasteiger partial charge in [-0.05, 0) is 24.3 Å². The summed E-state index contributed by atoms with van der Waals surface area (Å²) in [7, 11) is 1.68. The summed E-state index contributed by atoms with van der Waals surface area (Å²) in [4.78, 5) is 16.8. The second kappa shape index (κ2) is 8.62. The molecule has 0 bridgehead atoms. The number of fused-ring (bicyclic) bond motifs is 1. The minimum absolute atomic E-state index is 0.0105. The molecule has 1 heterocycles. The van der Waals surface area contributed by atoms with E-state index in [0.29, 0.717) is 23.9 Å². The number of methoxy groups -OCH3 is 1. The van der Waals surface area contributed by atoms with Crippen LogP contribution in [-0.4, -0.2) is 50.7 Å². The fourth-order valence-corrected chi connectivity index (χ4v) is 3.91. The van der Waals surface area contributed by atoms with Gasteiger partial charge in [0.15, 0.2) is 6.61 Å². The lowest BCUT2D eigenvalue weighted by molar-refractivity contribution is -0.133. The van der Waals surface area contributed by atoms with Crippen molar-refractivity contribution in [1.29, 1.82) is 0 Å². The number of hydrogen-bond acceptors (Lipinski definition) is 4. The molecule has 0 radical (unpaired) electrons. The van der Waals surface area contributed by atoms with Crippen molar-refractivity contribution in [2.24, 2.45) is 0 Å². The fourth-order valence-electron chi connectivity index (χ4n) is 3.68. The second-order valence-electron chi connectivity index (χ2n) is 6.92. The van der Waals surface area contributed by atoms with Crippen molar-refractivity contribution in [3.05, 3.63) is 65.7 Å². The third kappa shape index (κ3) is 4.10. The van der Waals surface area contributed by atoms with Gasteiger partial charge < -0.3 is 19.3 Å². The number of nitrogens with zero attached hydrogens (tertiary/aromatic N) is 2. The third-order valence-electron chi connectivity index (χ3n) is 5.24. The zero-order valence-corrected chi connectivity index (χ0v) is 17.1. The summed E-state index contributed by atoms with van der Waals surface area (Å²) < 4.78 is 11.3. The van der Waals surface area contributed by atoms with Crippen molar-refractivity contribution in [3.63, 3.8) is 0 Å². The number of piperazine rings is 1. The number of hydrogen-bond donors (Lipinski definition) is 0. The van der Waals surface area contributed by atoms with Gasteiger partial charge in [-0.25, -0.2) is 0 Å².